The van der Waals surface area contributed by atoms with E-state index in [1.165, 1.54) is 238 Å². The van der Waals surface area contributed by atoms with Crippen LogP contribution < -0.4 is 10.6 Å². The molecule has 0 aromatic heterocycles. The summed E-state index contributed by atoms with van der Waals surface area (Å²) >= 11 is 0. The van der Waals surface area contributed by atoms with Crippen LogP contribution in [0, 0.1) is 0 Å². The van der Waals surface area contributed by atoms with E-state index in [1.807, 2.05) is 0 Å². The molecular formula is C77H146N2O21. The van der Waals surface area contributed by atoms with Crippen LogP contribution in [-0.4, -0.2) is 215 Å². The second-order valence-electron chi connectivity index (χ2n) is 29.6. The molecule has 14 N–H and O–H groups in total. The molecule has 3 aliphatic heterocycles. The number of unbranched alkanes of at least 4 members (excludes halogenated alkanes) is 44. The van der Waals surface area contributed by atoms with E-state index in [-0.39, 0.29) is 18.9 Å². The van der Waals surface area contributed by atoms with Gasteiger partial charge in [-0.1, -0.05) is 303 Å². The number of carboxylic acids is 1. The predicted octanol–water partition coefficient (Wildman–Crippen LogP) is 10.4. The lowest BCUT2D eigenvalue weighted by molar-refractivity contribution is -0.386. The molecule has 3 rings (SSSR count). The molecule has 0 aromatic carbocycles. The van der Waals surface area contributed by atoms with E-state index >= 15 is 0 Å². The number of aliphatic hydroxyl groups excluding tert-OH is 11. The van der Waals surface area contributed by atoms with E-state index in [2.05, 4.69) is 24.5 Å². The van der Waals surface area contributed by atoms with Crippen molar-refractivity contribution >= 4 is 17.8 Å². The van der Waals surface area contributed by atoms with Gasteiger partial charge in [-0.05, 0) is 12.8 Å². The molecule has 0 aliphatic carbocycles. The molecule has 23 heteroatoms. The largest absolute Gasteiger partial charge is 0.477 e. The molecule has 100 heavy (non-hydrogen) atoms. The fourth-order valence-electron chi connectivity index (χ4n) is 14.4. The molecule has 18 atom stereocenters. The number of carboxylic acid groups (broad SMARTS) is 1. The smallest absolute Gasteiger partial charge is 0.364 e. The first-order chi connectivity index (χ1) is 48.4. The topological polar surface area (TPSA) is 373 Å². The van der Waals surface area contributed by atoms with E-state index in [4.69, 9.17) is 28.4 Å². The van der Waals surface area contributed by atoms with Crippen LogP contribution in [0.1, 0.15) is 335 Å². The molecule has 0 radical (unpaired) electrons. The Labute approximate surface area is 601 Å². The van der Waals surface area contributed by atoms with E-state index < -0.39 is 148 Å². The lowest BCUT2D eigenvalue weighted by atomic mass is 9.88. The Morgan fingerprint density at radius 1 is 0.480 bits per heavy atom. The van der Waals surface area contributed by atoms with Crippen molar-refractivity contribution in [3.05, 3.63) is 0 Å². The van der Waals surface area contributed by atoms with Crippen LogP contribution in [0.15, 0.2) is 0 Å². The molecule has 3 heterocycles. The summed E-state index contributed by atoms with van der Waals surface area (Å²) < 4.78 is 34.9. The molecule has 3 saturated heterocycles. The third-order valence-corrected chi connectivity index (χ3v) is 20.8. The fourth-order valence-corrected chi connectivity index (χ4v) is 14.4. The summed E-state index contributed by atoms with van der Waals surface area (Å²) in [5, 5.41) is 136. The van der Waals surface area contributed by atoms with Gasteiger partial charge in [0, 0.05) is 19.8 Å². The lowest BCUT2D eigenvalue weighted by Crippen LogP contribution is -2.70. The van der Waals surface area contributed by atoms with Gasteiger partial charge in [-0.15, -0.1) is 0 Å². The normalized spacial score (nSPS) is 26.9. The lowest BCUT2D eigenvalue weighted by Gasteiger charge is -2.50. The first kappa shape index (κ1) is 91.9. The Hall–Kier alpha value is -2.27. The first-order valence-electron chi connectivity index (χ1n) is 40.4. The number of carbonyl (C=O) groups is 3. The predicted molar refractivity (Wildman–Crippen MR) is 385 cm³/mol. The van der Waals surface area contributed by atoms with Gasteiger partial charge >= 0.3 is 5.97 Å². The van der Waals surface area contributed by atoms with Crippen molar-refractivity contribution in [3.8, 4) is 0 Å². The Bertz CT molecular complexity index is 2000. The molecule has 0 bridgehead atoms. The van der Waals surface area contributed by atoms with Crippen molar-refractivity contribution in [2.45, 2.75) is 445 Å². The van der Waals surface area contributed by atoms with Crippen molar-refractivity contribution in [1.29, 1.82) is 0 Å². The molecule has 0 spiro atoms. The number of carbonyl (C=O) groups excluding carboxylic acids is 2. The van der Waals surface area contributed by atoms with E-state index in [1.54, 1.807) is 0 Å². The van der Waals surface area contributed by atoms with Gasteiger partial charge in [-0.2, -0.15) is 0 Å². The number of aliphatic carboxylic acids is 1. The summed E-state index contributed by atoms with van der Waals surface area (Å²) in [7, 11) is 0. The summed E-state index contributed by atoms with van der Waals surface area (Å²) in [6, 6.07) is -2.52. The Kier molecular flexibility index (Phi) is 52.4. The van der Waals surface area contributed by atoms with Crippen molar-refractivity contribution in [2.24, 2.45) is 0 Å². The van der Waals surface area contributed by atoms with Gasteiger partial charge in [0.25, 0.3) is 5.79 Å². The van der Waals surface area contributed by atoms with Gasteiger partial charge in [-0.25, -0.2) is 4.79 Å². The second-order valence-corrected chi connectivity index (χ2v) is 29.6. The zero-order valence-corrected chi connectivity index (χ0v) is 62.3. The second kappa shape index (κ2) is 57.0. The number of ether oxygens (including phenoxy) is 6. The minimum absolute atomic E-state index is 0.229. The maximum Gasteiger partial charge on any atom is 0.364 e. The molecule has 2 amide bonds. The van der Waals surface area contributed by atoms with Crippen molar-refractivity contribution in [3.63, 3.8) is 0 Å². The van der Waals surface area contributed by atoms with Crippen LogP contribution in [0.25, 0.3) is 0 Å². The number of aliphatic hydroxyl groups is 11. The van der Waals surface area contributed by atoms with Gasteiger partial charge < -0.3 is 100 Å². The highest BCUT2D eigenvalue weighted by atomic mass is 16.8. The highest BCUT2D eigenvalue weighted by Gasteiger charge is 2.60. The molecule has 0 saturated carbocycles. The minimum atomic E-state index is -3.08. The van der Waals surface area contributed by atoms with Crippen molar-refractivity contribution in [1.82, 2.24) is 10.6 Å². The number of hydrogen-bond acceptors (Lipinski definition) is 20. The van der Waals surface area contributed by atoms with E-state index in [0.29, 0.717) is 19.3 Å². The van der Waals surface area contributed by atoms with Gasteiger partial charge in [0.15, 0.2) is 12.6 Å². The summed E-state index contributed by atoms with van der Waals surface area (Å²) in [4.78, 5) is 38.6. The average molecular weight is 1440 g/mol. The SMILES string of the molecule is CCCCCCCCCCCCCCCCCCCCCCCCCCCCCCCCCCCCCC(=O)NC(COC1OC(CO)C(OC2OC(CO)C(O)C(OC3(C(=O)O)CC(O)C(NC(C)=O)C(C(O)C(O)CO)O3)C2O)C(O)C1O)C(O)CCCCCCCCCCCCC. The van der Waals surface area contributed by atoms with Gasteiger partial charge in [0.1, 0.15) is 67.1 Å². The van der Waals surface area contributed by atoms with E-state index in [0.717, 1.165) is 51.9 Å². The number of amides is 2. The molecule has 590 valence electrons. The molecule has 18 unspecified atom stereocenters. The van der Waals surface area contributed by atoms with Crippen molar-refractivity contribution < 1.29 is 104 Å². The first-order valence-corrected chi connectivity index (χ1v) is 40.4. The van der Waals surface area contributed by atoms with Crippen LogP contribution >= 0.6 is 0 Å². The minimum Gasteiger partial charge on any atom is -0.477 e. The third-order valence-electron chi connectivity index (χ3n) is 20.8. The number of hydrogen-bond donors (Lipinski definition) is 14. The van der Waals surface area contributed by atoms with Crippen LogP contribution in [-0.2, 0) is 42.8 Å². The monoisotopic (exact) mass is 1440 g/mol. The van der Waals surface area contributed by atoms with Crippen molar-refractivity contribution in [2.75, 3.05) is 26.4 Å². The summed E-state index contributed by atoms with van der Waals surface area (Å²) in [6.07, 6.45) is 30.1. The van der Waals surface area contributed by atoms with Crippen LogP contribution in [0.4, 0.5) is 0 Å². The highest BCUT2D eigenvalue weighted by Crippen LogP contribution is 2.39. The summed E-state index contributed by atoms with van der Waals surface area (Å²) in [6.45, 7) is 2.23. The molecule has 3 fully saturated rings. The highest BCUT2D eigenvalue weighted by molar-refractivity contribution is 5.77. The fraction of sp³-hybridized carbons (Fsp3) is 0.961. The zero-order valence-electron chi connectivity index (χ0n) is 62.3. The summed E-state index contributed by atoms with van der Waals surface area (Å²) in [5.74, 6) is -6.09. The average Bonchev–Trinajstić information content (AvgIpc) is 0.756. The van der Waals surface area contributed by atoms with Crippen LogP contribution in [0.5, 0.6) is 0 Å². The Morgan fingerprint density at radius 2 is 0.870 bits per heavy atom. The van der Waals surface area contributed by atoms with Gasteiger partial charge in [0.2, 0.25) is 11.8 Å². The quantitative estimate of drug-likeness (QED) is 0.0252. The molecule has 3 aliphatic rings. The third kappa shape index (κ3) is 37.3. The number of nitrogens with one attached hydrogen (secondary N) is 2. The van der Waals surface area contributed by atoms with Gasteiger partial charge in [-0.3, -0.25) is 9.59 Å². The molecule has 0 aromatic rings. The van der Waals surface area contributed by atoms with Crippen LogP contribution in [0.3, 0.4) is 0 Å². The summed E-state index contributed by atoms with van der Waals surface area (Å²) in [5.41, 5.74) is 0. The molecule has 23 nitrogen and oxygen atoms in total. The van der Waals surface area contributed by atoms with Crippen LogP contribution in [0.2, 0.25) is 0 Å². The maximum absolute atomic E-state index is 13.5. The van der Waals surface area contributed by atoms with E-state index in [9.17, 15) is 75.7 Å². The zero-order chi connectivity index (χ0) is 73.2. The Morgan fingerprint density at radius 3 is 1.25 bits per heavy atom. The molecular weight excluding hydrogens is 1290 g/mol. The number of rotatable bonds is 64. The van der Waals surface area contributed by atoms with Gasteiger partial charge in [0.05, 0.1) is 50.7 Å². The Balaban J connectivity index is 1.40. The maximum atomic E-state index is 13.5. The standard InChI is InChI=1S/C77H146N2O21/c1-4-6-8-10-12-14-16-17-18-19-20-21-22-23-24-25-26-27-28-29-30-31-32-33-34-35-36-37-38-39-41-43-45-47-49-51-64(87)79-58(59(84)50-48-46-44-42-40-15-13-11-9-7-5-2)56-95-74-69(91)68(90)71(63(55-82)97-74)98-75-70(92)73(67(89)62(54-81)96-75)100-77(76(93)94)52-60(85)65(78-57(3)83)72(99-77)66(88)61(86)53-80/h58-63,65-75,80-82,84-86,88-92H,4-56H2,1-3H3,(H,78,83)(H,79,87)(H,93,94).